The Bertz CT molecular complexity index is 1850. The summed E-state index contributed by atoms with van der Waals surface area (Å²) in [4.78, 5) is 46.6. The van der Waals surface area contributed by atoms with E-state index < -0.39 is 35.8 Å². The topological polar surface area (TPSA) is 139 Å². The van der Waals surface area contributed by atoms with E-state index in [2.05, 4.69) is 20.4 Å². The van der Waals surface area contributed by atoms with Gasteiger partial charge < -0.3 is 20.9 Å². The normalized spacial score (nSPS) is 16.9. The number of aromatic nitrogens is 4. The number of imidazole rings is 1. The summed E-state index contributed by atoms with van der Waals surface area (Å²) in [5, 5.41) is 7.38. The number of H-pyrrole nitrogens is 1. The number of halogens is 3. The van der Waals surface area contributed by atoms with Gasteiger partial charge in [0.25, 0.3) is 5.91 Å². The van der Waals surface area contributed by atoms with Gasteiger partial charge in [0.1, 0.15) is 24.3 Å². The summed E-state index contributed by atoms with van der Waals surface area (Å²) in [6.07, 6.45) is -0.237. The van der Waals surface area contributed by atoms with Crippen LogP contribution in [0, 0.1) is 5.82 Å². The van der Waals surface area contributed by atoms with E-state index in [9.17, 15) is 18.8 Å². The fraction of sp³-hybridized carbons (Fsp3) is 0.179. The van der Waals surface area contributed by atoms with Crippen LogP contribution in [0.3, 0.4) is 0 Å². The van der Waals surface area contributed by atoms with Crippen LogP contribution in [-0.2, 0) is 16.1 Å². The van der Waals surface area contributed by atoms with Gasteiger partial charge in [-0.25, -0.2) is 13.8 Å². The van der Waals surface area contributed by atoms with Crippen molar-refractivity contribution in [1.82, 2.24) is 24.6 Å². The zero-order valence-corrected chi connectivity index (χ0v) is 22.0. The van der Waals surface area contributed by atoms with Crippen LogP contribution >= 0.6 is 11.6 Å². The van der Waals surface area contributed by atoms with Gasteiger partial charge in [-0.3, -0.25) is 19.1 Å². The SMILES string of the molecule is NC(=O)c1nn(CC(=O)N2CC(F)CC2C(=O)Nc2cccc(-c3ccc4[nH]cnc4c3Cl)c2F)c2ccccc12. The number of benzene rings is 3. The van der Waals surface area contributed by atoms with E-state index in [0.717, 1.165) is 4.90 Å². The van der Waals surface area contributed by atoms with Gasteiger partial charge in [0.15, 0.2) is 11.5 Å². The summed E-state index contributed by atoms with van der Waals surface area (Å²) in [5.41, 5.74) is 7.43. The van der Waals surface area contributed by atoms with Gasteiger partial charge in [-0.15, -0.1) is 0 Å². The number of hydrogen-bond donors (Lipinski definition) is 3. The van der Waals surface area contributed by atoms with Crippen molar-refractivity contribution < 1.29 is 23.2 Å². The van der Waals surface area contributed by atoms with Gasteiger partial charge in [0.2, 0.25) is 11.8 Å². The summed E-state index contributed by atoms with van der Waals surface area (Å²) in [6, 6.07) is 13.3. The quantitative estimate of drug-likeness (QED) is 0.279. The molecule has 3 amide bonds. The maximum absolute atomic E-state index is 15.6. The van der Waals surface area contributed by atoms with Crippen molar-refractivity contribution in [2.45, 2.75) is 25.2 Å². The van der Waals surface area contributed by atoms with Gasteiger partial charge in [-0.1, -0.05) is 48.0 Å². The number of rotatable bonds is 6. The molecule has 0 aliphatic carbocycles. The smallest absolute Gasteiger partial charge is 0.269 e. The minimum Gasteiger partial charge on any atom is -0.364 e. The molecule has 3 aromatic carbocycles. The molecule has 13 heteroatoms. The zero-order valence-electron chi connectivity index (χ0n) is 21.3. The molecule has 2 atom stereocenters. The fourth-order valence-corrected chi connectivity index (χ4v) is 5.51. The van der Waals surface area contributed by atoms with E-state index in [4.69, 9.17) is 17.3 Å². The Morgan fingerprint density at radius 2 is 1.90 bits per heavy atom. The fourth-order valence-electron chi connectivity index (χ4n) is 5.19. The monoisotopic (exact) mass is 577 g/mol. The summed E-state index contributed by atoms with van der Waals surface area (Å²) in [7, 11) is 0. The molecule has 6 rings (SSSR count). The number of para-hydroxylation sites is 1. The van der Waals surface area contributed by atoms with Gasteiger partial charge in [0.05, 0.1) is 34.6 Å². The highest BCUT2D eigenvalue weighted by Gasteiger charge is 2.40. The minimum atomic E-state index is -1.46. The molecule has 4 N–H and O–H groups in total. The number of nitrogens with zero attached hydrogens (tertiary/aromatic N) is 4. The molecule has 0 saturated carbocycles. The number of primary amides is 1. The highest BCUT2D eigenvalue weighted by atomic mass is 35.5. The molecule has 1 aliphatic heterocycles. The Morgan fingerprint density at radius 3 is 2.71 bits per heavy atom. The third kappa shape index (κ3) is 4.65. The lowest BCUT2D eigenvalue weighted by Gasteiger charge is -2.24. The molecule has 1 saturated heterocycles. The number of nitrogens with two attached hydrogens (primary N) is 1. The molecule has 3 heterocycles. The first-order valence-corrected chi connectivity index (χ1v) is 13.0. The van der Waals surface area contributed by atoms with Crippen molar-refractivity contribution >= 4 is 56.9 Å². The number of alkyl halides is 1. The third-order valence-electron chi connectivity index (χ3n) is 7.13. The molecular weight excluding hydrogens is 556 g/mol. The third-order valence-corrected chi connectivity index (χ3v) is 7.51. The van der Waals surface area contributed by atoms with Crippen molar-refractivity contribution in [2.24, 2.45) is 5.73 Å². The molecule has 41 heavy (non-hydrogen) atoms. The number of hydrogen-bond acceptors (Lipinski definition) is 5. The molecule has 0 bridgehead atoms. The van der Waals surface area contributed by atoms with Crippen LogP contribution in [0.25, 0.3) is 33.1 Å². The van der Waals surface area contributed by atoms with Crippen molar-refractivity contribution in [3.05, 3.63) is 77.5 Å². The summed E-state index contributed by atoms with van der Waals surface area (Å²) in [6.45, 7) is -0.678. The predicted octanol–water partition coefficient (Wildman–Crippen LogP) is 4.05. The number of carbonyl (C=O) groups excluding carboxylic acids is 3. The van der Waals surface area contributed by atoms with E-state index >= 15 is 4.39 Å². The molecule has 1 aliphatic rings. The Kier molecular flexibility index (Phi) is 6.62. The molecule has 2 unspecified atom stereocenters. The van der Waals surface area contributed by atoms with E-state index in [-0.39, 0.29) is 41.5 Å². The predicted molar refractivity (Wildman–Crippen MR) is 148 cm³/mol. The highest BCUT2D eigenvalue weighted by molar-refractivity contribution is 6.37. The second kappa shape index (κ2) is 10.3. The maximum atomic E-state index is 15.6. The maximum Gasteiger partial charge on any atom is 0.269 e. The Balaban J connectivity index is 1.24. The van der Waals surface area contributed by atoms with Crippen LogP contribution in [0.5, 0.6) is 0 Å². The first-order chi connectivity index (χ1) is 19.7. The van der Waals surface area contributed by atoms with Crippen LogP contribution < -0.4 is 11.1 Å². The molecule has 1 fully saturated rings. The number of aromatic amines is 1. The molecule has 208 valence electrons. The summed E-state index contributed by atoms with van der Waals surface area (Å²) >= 11 is 6.49. The van der Waals surface area contributed by atoms with E-state index in [0.29, 0.717) is 27.5 Å². The van der Waals surface area contributed by atoms with Gasteiger partial charge >= 0.3 is 0 Å². The van der Waals surface area contributed by atoms with Gasteiger partial charge in [-0.05, 0) is 18.2 Å². The van der Waals surface area contributed by atoms with E-state index in [1.807, 2.05) is 0 Å². The number of likely N-dealkylation sites (tertiary alicyclic amines) is 1. The van der Waals surface area contributed by atoms with E-state index in [1.165, 1.54) is 23.1 Å². The molecule has 0 radical (unpaired) electrons. The molecule has 5 aromatic rings. The van der Waals surface area contributed by atoms with Crippen LogP contribution in [0.1, 0.15) is 16.9 Å². The van der Waals surface area contributed by atoms with Crippen LogP contribution in [0.2, 0.25) is 5.02 Å². The van der Waals surface area contributed by atoms with E-state index in [1.54, 1.807) is 42.5 Å². The van der Waals surface area contributed by atoms with Crippen molar-refractivity contribution in [2.75, 3.05) is 11.9 Å². The summed E-state index contributed by atoms with van der Waals surface area (Å²) < 4.78 is 31.5. The molecular formula is C28H22ClF2N7O3. The number of anilines is 1. The molecule has 2 aromatic heterocycles. The molecule has 0 spiro atoms. The average Bonchev–Trinajstić information content (AvgIpc) is 3.68. The average molecular weight is 578 g/mol. The lowest BCUT2D eigenvalue weighted by Crippen LogP contribution is -2.44. The lowest BCUT2D eigenvalue weighted by atomic mass is 10.0. The van der Waals surface area contributed by atoms with Crippen LogP contribution in [-0.4, -0.2) is 61.1 Å². The first kappa shape index (κ1) is 26.4. The second-order valence-electron chi connectivity index (χ2n) is 9.66. The molecule has 10 nitrogen and oxygen atoms in total. The van der Waals surface area contributed by atoms with Crippen molar-refractivity contribution in [1.29, 1.82) is 0 Å². The number of amides is 3. The van der Waals surface area contributed by atoms with Crippen molar-refractivity contribution in [3.8, 4) is 11.1 Å². The lowest BCUT2D eigenvalue weighted by molar-refractivity contribution is -0.137. The Hall–Kier alpha value is -4.84. The number of carbonyl (C=O) groups is 3. The van der Waals surface area contributed by atoms with Gasteiger partial charge in [0, 0.05) is 22.9 Å². The Labute approximate surface area is 236 Å². The Morgan fingerprint density at radius 1 is 1.10 bits per heavy atom. The van der Waals surface area contributed by atoms with Crippen molar-refractivity contribution in [3.63, 3.8) is 0 Å². The number of fused-ring (bicyclic) bond motifs is 2. The highest BCUT2D eigenvalue weighted by Crippen LogP contribution is 2.36. The van der Waals surface area contributed by atoms with Crippen LogP contribution in [0.4, 0.5) is 14.5 Å². The number of nitrogens with one attached hydrogen (secondary N) is 2. The second-order valence-corrected chi connectivity index (χ2v) is 10.0. The first-order valence-electron chi connectivity index (χ1n) is 12.6. The van der Waals surface area contributed by atoms with Gasteiger partial charge in [-0.2, -0.15) is 5.10 Å². The largest absolute Gasteiger partial charge is 0.364 e. The minimum absolute atomic E-state index is 0.00520. The zero-order chi connectivity index (χ0) is 28.8. The van der Waals surface area contributed by atoms with Crippen LogP contribution in [0.15, 0.2) is 60.9 Å². The summed E-state index contributed by atoms with van der Waals surface area (Å²) in [5.74, 6) is -2.84. The standard InChI is InChI=1S/C28H22ClF2N7O3/c29-23-15(8-9-19-26(23)34-13-33-19)16-5-3-6-18(24(16)31)35-28(41)21-10-14(30)11-37(21)22(39)12-38-20-7-2-1-4-17(20)25(36-38)27(32)40/h1-9,13-14,21H,10-12H2,(H2,32,40)(H,33,34)(H,35,41).